The number of allylic oxidation sites excluding steroid dienone is 2. The van der Waals surface area contributed by atoms with Crippen molar-refractivity contribution in [2.45, 2.75) is 32.7 Å². The average Bonchev–Trinajstić information content (AvgIpc) is 3.12. The molecule has 0 unspecified atom stereocenters. The van der Waals surface area contributed by atoms with E-state index >= 15 is 0 Å². The standard InChI is InChI=1S/C45H38N2/c1-32-22-24-35(25-23-32)46(34-14-6-4-7-15-34)43-30-41-38-19-11-13-21-40(38)44(31-42(41)37-18-10-12-20-39(37)43)47(36-16-8-5-9-17-36)45(3)28-26-33(2)27-29-45/h4-28,30-31H,29H2,1-3H3/t45-/m1/s1. The maximum atomic E-state index is 2.56. The normalized spacial score (nSPS) is 16.0. The highest BCUT2D eigenvalue weighted by molar-refractivity contribution is 6.24. The van der Waals surface area contributed by atoms with E-state index in [1.807, 2.05) is 0 Å². The lowest BCUT2D eigenvalue weighted by Gasteiger charge is -2.43. The fraction of sp³-hybridized carbons (Fsp3) is 0.111. The Kier molecular flexibility index (Phi) is 7.14. The molecule has 1 atom stereocenters. The Morgan fingerprint density at radius 2 is 0.979 bits per heavy atom. The third-order valence-corrected chi connectivity index (χ3v) is 9.69. The van der Waals surface area contributed by atoms with Gasteiger partial charge in [0.05, 0.1) is 16.9 Å². The van der Waals surface area contributed by atoms with Crippen LogP contribution >= 0.6 is 0 Å². The summed E-state index contributed by atoms with van der Waals surface area (Å²) in [6, 6.07) is 53.2. The number of benzene rings is 7. The lowest BCUT2D eigenvalue weighted by atomic mass is 9.86. The van der Waals surface area contributed by atoms with Crippen LogP contribution in [0, 0.1) is 6.92 Å². The van der Waals surface area contributed by atoms with Gasteiger partial charge in [0.1, 0.15) is 0 Å². The Morgan fingerprint density at radius 1 is 0.489 bits per heavy atom. The second-order valence-electron chi connectivity index (χ2n) is 13.0. The second kappa shape index (κ2) is 11.6. The molecule has 7 aromatic rings. The van der Waals surface area contributed by atoms with E-state index < -0.39 is 0 Å². The molecule has 0 heterocycles. The van der Waals surface area contributed by atoms with Crippen molar-refractivity contribution in [2.24, 2.45) is 0 Å². The van der Waals surface area contributed by atoms with Crippen molar-refractivity contribution in [3.05, 3.63) is 175 Å². The maximum Gasteiger partial charge on any atom is 0.0643 e. The minimum Gasteiger partial charge on any atom is -0.331 e. The van der Waals surface area contributed by atoms with Crippen molar-refractivity contribution in [1.82, 2.24) is 0 Å². The number of hydrogen-bond acceptors (Lipinski definition) is 2. The molecule has 0 fully saturated rings. The molecule has 228 valence electrons. The highest BCUT2D eigenvalue weighted by atomic mass is 15.2. The lowest BCUT2D eigenvalue weighted by Crippen LogP contribution is -2.42. The number of fused-ring (bicyclic) bond motifs is 5. The zero-order chi connectivity index (χ0) is 32.0. The summed E-state index contributed by atoms with van der Waals surface area (Å²) in [6.45, 7) is 6.69. The van der Waals surface area contributed by atoms with Crippen LogP contribution in [0.1, 0.15) is 25.8 Å². The van der Waals surface area contributed by atoms with E-state index in [0.717, 1.165) is 17.8 Å². The van der Waals surface area contributed by atoms with Crippen molar-refractivity contribution in [2.75, 3.05) is 9.80 Å². The van der Waals surface area contributed by atoms with Gasteiger partial charge in [-0.15, -0.1) is 0 Å². The first kappa shape index (κ1) is 28.8. The summed E-state index contributed by atoms with van der Waals surface area (Å²) in [4.78, 5) is 4.96. The van der Waals surface area contributed by atoms with Gasteiger partial charge < -0.3 is 9.80 Å². The summed E-state index contributed by atoms with van der Waals surface area (Å²) in [6.07, 6.45) is 7.95. The molecule has 0 saturated carbocycles. The molecule has 7 aromatic carbocycles. The number of rotatable bonds is 6. The monoisotopic (exact) mass is 606 g/mol. The Labute approximate surface area is 277 Å². The summed E-state index contributed by atoms with van der Waals surface area (Å²) in [7, 11) is 0. The van der Waals surface area contributed by atoms with Crippen LogP contribution in [0.3, 0.4) is 0 Å². The molecule has 0 saturated heterocycles. The number of aryl methyl sites for hydroxylation is 1. The molecule has 0 spiro atoms. The Balaban J connectivity index is 1.45. The molecule has 0 aromatic heterocycles. The van der Waals surface area contributed by atoms with Crippen LogP contribution in [0.4, 0.5) is 28.4 Å². The first-order valence-electron chi connectivity index (χ1n) is 16.5. The maximum absolute atomic E-state index is 2.56. The number of hydrogen-bond donors (Lipinski definition) is 0. The van der Waals surface area contributed by atoms with Crippen LogP contribution in [-0.2, 0) is 0 Å². The molecule has 0 N–H and O–H groups in total. The molecule has 2 nitrogen and oxygen atoms in total. The van der Waals surface area contributed by atoms with Crippen molar-refractivity contribution in [3.8, 4) is 0 Å². The second-order valence-corrected chi connectivity index (χ2v) is 13.0. The van der Waals surface area contributed by atoms with Gasteiger partial charge in [-0.1, -0.05) is 126 Å². The van der Waals surface area contributed by atoms with Crippen LogP contribution in [0.5, 0.6) is 0 Å². The molecular weight excluding hydrogens is 569 g/mol. The fourth-order valence-electron chi connectivity index (χ4n) is 7.25. The van der Waals surface area contributed by atoms with Crippen molar-refractivity contribution >= 4 is 60.8 Å². The quantitative estimate of drug-likeness (QED) is 0.174. The largest absolute Gasteiger partial charge is 0.331 e. The van der Waals surface area contributed by atoms with E-state index in [1.165, 1.54) is 60.5 Å². The van der Waals surface area contributed by atoms with Crippen LogP contribution in [0.15, 0.2) is 169 Å². The van der Waals surface area contributed by atoms with Crippen molar-refractivity contribution in [3.63, 3.8) is 0 Å². The highest BCUT2D eigenvalue weighted by Crippen LogP contribution is 2.48. The van der Waals surface area contributed by atoms with Gasteiger partial charge >= 0.3 is 0 Å². The molecule has 0 radical (unpaired) electrons. The van der Waals surface area contributed by atoms with Gasteiger partial charge in [-0.3, -0.25) is 0 Å². The summed E-state index contributed by atoms with van der Waals surface area (Å²) >= 11 is 0. The van der Waals surface area contributed by atoms with Gasteiger partial charge in [-0.2, -0.15) is 0 Å². The van der Waals surface area contributed by atoms with E-state index in [1.54, 1.807) is 0 Å². The van der Waals surface area contributed by atoms with Gasteiger partial charge in [-0.05, 0) is 97.3 Å². The van der Waals surface area contributed by atoms with Crippen LogP contribution in [-0.4, -0.2) is 5.54 Å². The zero-order valence-electron chi connectivity index (χ0n) is 27.2. The van der Waals surface area contributed by atoms with Crippen molar-refractivity contribution in [1.29, 1.82) is 0 Å². The first-order valence-corrected chi connectivity index (χ1v) is 16.5. The fourth-order valence-corrected chi connectivity index (χ4v) is 7.25. The van der Waals surface area contributed by atoms with Crippen LogP contribution < -0.4 is 9.80 Å². The summed E-state index contributed by atoms with van der Waals surface area (Å²) in [5, 5.41) is 7.46. The molecule has 1 aliphatic carbocycles. The summed E-state index contributed by atoms with van der Waals surface area (Å²) in [5.41, 5.74) is 8.18. The molecule has 0 bridgehead atoms. The molecule has 2 heteroatoms. The van der Waals surface area contributed by atoms with Gasteiger partial charge in [-0.25, -0.2) is 0 Å². The molecular formula is C45H38N2. The SMILES string of the molecule is CC1=CC[C@](C)(N(c2ccccc2)c2cc3c4ccccc4c(N(c4ccccc4)c4ccc(C)cc4)cc3c3ccccc23)C=C1. The van der Waals surface area contributed by atoms with Crippen LogP contribution in [0.2, 0.25) is 0 Å². The molecule has 8 rings (SSSR count). The highest BCUT2D eigenvalue weighted by Gasteiger charge is 2.33. The van der Waals surface area contributed by atoms with Gasteiger partial charge in [0.25, 0.3) is 0 Å². The molecule has 0 aliphatic heterocycles. The predicted octanol–water partition coefficient (Wildman–Crippen LogP) is 12.7. The third kappa shape index (κ3) is 5.07. The zero-order valence-corrected chi connectivity index (χ0v) is 27.2. The van der Waals surface area contributed by atoms with E-state index in [-0.39, 0.29) is 5.54 Å². The Bertz CT molecular complexity index is 2300. The van der Waals surface area contributed by atoms with Crippen LogP contribution in [0.25, 0.3) is 32.3 Å². The Morgan fingerprint density at radius 3 is 1.55 bits per heavy atom. The minimum absolute atomic E-state index is 0.234. The number of anilines is 5. The van der Waals surface area contributed by atoms with E-state index in [4.69, 9.17) is 0 Å². The van der Waals surface area contributed by atoms with E-state index in [2.05, 4.69) is 194 Å². The molecule has 1 aliphatic rings. The van der Waals surface area contributed by atoms with Gasteiger partial charge in [0.2, 0.25) is 0 Å². The number of nitrogens with zero attached hydrogens (tertiary/aromatic N) is 2. The van der Waals surface area contributed by atoms with E-state index in [9.17, 15) is 0 Å². The summed E-state index contributed by atoms with van der Waals surface area (Å²) in [5.74, 6) is 0. The predicted molar refractivity (Wildman–Crippen MR) is 203 cm³/mol. The molecule has 0 amide bonds. The summed E-state index contributed by atoms with van der Waals surface area (Å²) < 4.78 is 0. The third-order valence-electron chi connectivity index (χ3n) is 9.69. The number of para-hydroxylation sites is 2. The average molecular weight is 607 g/mol. The first-order chi connectivity index (χ1) is 23.0. The minimum atomic E-state index is -0.234. The van der Waals surface area contributed by atoms with Gasteiger partial charge in [0, 0.05) is 27.8 Å². The smallest absolute Gasteiger partial charge is 0.0643 e. The molecule has 47 heavy (non-hydrogen) atoms. The lowest BCUT2D eigenvalue weighted by molar-refractivity contribution is 0.569. The van der Waals surface area contributed by atoms with Gasteiger partial charge in [0.15, 0.2) is 0 Å². The van der Waals surface area contributed by atoms with Crippen molar-refractivity contribution < 1.29 is 0 Å². The van der Waals surface area contributed by atoms with E-state index in [0.29, 0.717) is 0 Å². The topological polar surface area (TPSA) is 6.48 Å². The Hall–Kier alpha value is -5.60.